The van der Waals surface area contributed by atoms with Crippen LogP contribution < -0.4 is 5.73 Å². The molecular formula is C13H18N4O. The van der Waals surface area contributed by atoms with Gasteiger partial charge in [-0.1, -0.05) is 24.3 Å². The van der Waals surface area contributed by atoms with Crippen LogP contribution in [0.5, 0.6) is 0 Å². The molecule has 0 radical (unpaired) electrons. The second-order valence-electron chi connectivity index (χ2n) is 4.14. The van der Waals surface area contributed by atoms with Crippen molar-refractivity contribution in [3.05, 3.63) is 35.7 Å². The van der Waals surface area contributed by atoms with E-state index in [2.05, 4.69) is 22.2 Å². The summed E-state index contributed by atoms with van der Waals surface area (Å²) in [6.45, 7) is 1.13. The Kier molecular flexibility index (Phi) is 4.07. The van der Waals surface area contributed by atoms with Crippen LogP contribution in [0.15, 0.2) is 24.3 Å². The summed E-state index contributed by atoms with van der Waals surface area (Å²) >= 11 is 0. The van der Waals surface area contributed by atoms with Gasteiger partial charge in [0.2, 0.25) is 0 Å². The number of hydrogen-bond donors (Lipinski definition) is 1. The molecule has 0 unspecified atom stereocenters. The van der Waals surface area contributed by atoms with Gasteiger partial charge in [0.25, 0.3) is 0 Å². The molecular weight excluding hydrogens is 228 g/mol. The molecule has 2 N–H and O–H groups in total. The van der Waals surface area contributed by atoms with E-state index in [1.807, 2.05) is 19.2 Å². The lowest BCUT2D eigenvalue weighted by Gasteiger charge is -1.99. The highest BCUT2D eigenvalue weighted by atomic mass is 16.5. The molecule has 1 aromatic heterocycles. The fourth-order valence-electron chi connectivity index (χ4n) is 1.78. The standard InChI is InChI=1S/C13H18N4O/c1-17-12(9-18-2)15-13(16-17)11-5-3-10(4-6-11)7-8-14/h3-6H,7-9,14H2,1-2H3. The lowest BCUT2D eigenvalue weighted by molar-refractivity contribution is 0.174. The highest BCUT2D eigenvalue weighted by molar-refractivity contribution is 5.55. The molecule has 5 nitrogen and oxygen atoms in total. The van der Waals surface area contributed by atoms with Gasteiger partial charge in [0.1, 0.15) is 6.61 Å². The van der Waals surface area contributed by atoms with Crippen LogP contribution in [0, 0.1) is 0 Å². The van der Waals surface area contributed by atoms with Crippen molar-refractivity contribution >= 4 is 0 Å². The van der Waals surface area contributed by atoms with Crippen LogP contribution in [0.1, 0.15) is 11.4 Å². The summed E-state index contributed by atoms with van der Waals surface area (Å²) in [6, 6.07) is 8.18. The fourth-order valence-corrected chi connectivity index (χ4v) is 1.78. The number of hydrogen-bond acceptors (Lipinski definition) is 4. The third-order valence-electron chi connectivity index (χ3n) is 2.77. The van der Waals surface area contributed by atoms with Gasteiger partial charge >= 0.3 is 0 Å². The summed E-state index contributed by atoms with van der Waals surface area (Å²) in [5.74, 6) is 1.54. The molecule has 1 aromatic carbocycles. The first-order valence-corrected chi connectivity index (χ1v) is 5.93. The Balaban J connectivity index is 2.22. The average Bonchev–Trinajstić information content (AvgIpc) is 2.73. The molecule has 2 rings (SSSR count). The topological polar surface area (TPSA) is 66.0 Å². The average molecular weight is 246 g/mol. The molecule has 0 amide bonds. The van der Waals surface area contributed by atoms with Crippen LogP contribution in [0.3, 0.4) is 0 Å². The number of aryl methyl sites for hydroxylation is 1. The van der Waals surface area contributed by atoms with Gasteiger partial charge in [0.15, 0.2) is 11.6 Å². The SMILES string of the molecule is COCc1nc(-c2ccc(CCN)cc2)nn1C. The van der Waals surface area contributed by atoms with Crippen LogP contribution in [0.25, 0.3) is 11.4 Å². The molecule has 0 aliphatic heterocycles. The molecule has 0 spiro atoms. The monoisotopic (exact) mass is 246 g/mol. The summed E-state index contributed by atoms with van der Waals surface area (Å²) in [5, 5.41) is 4.38. The molecule has 18 heavy (non-hydrogen) atoms. The van der Waals surface area contributed by atoms with Gasteiger partial charge in [-0.3, -0.25) is 4.68 Å². The van der Waals surface area contributed by atoms with E-state index in [0.29, 0.717) is 13.2 Å². The Labute approximate surface area is 107 Å². The van der Waals surface area contributed by atoms with E-state index in [1.165, 1.54) is 5.56 Å². The van der Waals surface area contributed by atoms with E-state index in [9.17, 15) is 0 Å². The van der Waals surface area contributed by atoms with Crippen molar-refractivity contribution in [3.63, 3.8) is 0 Å². The van der Waals surface area contributed by atoms with E-state index in [4.69, 9.17) is 10.5 Å². The first-order chi connectivity index (χ1) is 8.74. The number of ether oxygens (including phenoxy) is 1. The zero-order valence-corrected chi connectivity index (χ0v) is 10.8. The van der Waals surface area contributed by atoms with Gasteiger partial charge < -0.3 is 10.5 Å². The summed E-state index contributed by atoms with van der Waals surface area (Å²) in [7, 11) is 3.52. The van der Waals surface area contributed by atoms with Crippen molar-refractivity contribution in [2.75, 3.05) is 13.7 Å². The Bertz CT molecular complexity index is 504. The number of nitrogens with zero attached hydrogens (tertiary/aromatic N) is 3. The number of methoxy groups -OCH3 is 1. The van der Waals surface area contributed by atoms with Crippen molar-refractivity contribution in [1.29, 1.82) is 0 Å². The van der Waals surface area contributed by atoms with Crippen molar-refractivity contribution in [1.82, 2.24) is 14.8 Å². The lowest BCUT2D eigenvalue weighted by atomic mass is 10.1. The predicted octanol–water partition coefficient (Wildman–Crippen LogP) is 1.13. The van der Waals surface area contributed by atoms with Crippen LogP contribution in [0.2, 0.25) is 0 Å². The third-order valence-corrected chi connectivity index (χ3v) is 2.77. The number of nitrogens with two attached hydrogens (primary N) is 1. The molecule has 0 saturated heterocycles. The maximum Gasteiger partial charge on any atom is 0.181 e. The van der Waals surface area contributed by atoms with Crippen molar-refractivity contribution in [3.8, 4) is 11.4 Å². The van der Waals surface area contributed by atoms with Gasteiger partial charge in [-0.25, -0.2) is 4.98 Å². The Morgan fingerprint density at radius 2 is 2.00 bits per heavy atom. The quantitative estimate of drug-likeness (QED) is 0.859. The first kappa shape index (κ1) is 12.7. The summed E-state index contributed by atoms with van der Waals surface area (Å²) in [4.78, 5) is 4.45. The third kappa shape index (κ3) is 2.75. The Morgan fingerprint density at radius 1 is 1.28 bits per heavy atom. The molecule has 0 aliphatic carbocycles. The normalized spacial score (nSPS) is 10.8. The van der Waals surface area contributed by atoms with Crippen LogP contribution >= 0.6 is 0 Å². The number of rotatable bonds is 5. The largest absolute Gasteiger partial charge is 0.377 e. The molecule has 2 aromatic rings. The summed E-state index contributed by atoms with van der Waals surface area (Å²) in [6.07, 6.45) is 0.894. The number of aromatic nitrogens is 3. The molecule has 0 aliphatic rings. The van der Waals surface area contributed by atoms with E-state index < -0.39 is 0 Å². The van der Waals surface area contributed by atoms with Gasteiger partial charge in [0.05, 0.1) is 0 Å². The minimum Gasteiger partial charge on any atom is -0.377 e. The maximum atomic E-state index is 5.52. The van der Waals surface area contributed by atoms with Crippen LogP contribution in [-0.4, -0.2) is 28.4 Å². The van der Waals surface area contributed by atoms with E-state index in [0.717, 1.165) is 23.6 Å². The van der Waals surface area contributed by atoms with E-state index in [1.54, 1.807) is 11.8 Å². The smallest absolute Gasteiger partial charge is 0.181 e. The van der Waals surface area contributed by atoms with Gasteiger partial charge in [-0.05, 0) is 18.5 Å². The molecule has 0 atom stereocenters. The van der Waals surface area contributed by atoms with E-state index in [-0.39, 0.29) is 0 Å². The molecule has 0 saturated carbocycles. The minimum atomic E-state index is 0.467. The van der Waals surface area contributed by atoms with Crippen LogP contribution in [-0.2, 0) is 24.8 Å². The lowest BCUT2D eigenvalue weighted by Crippen LogP contribution is -2.02. The van der Waals surface area contributed by atoms with Gasteiger partial charge in [-0.2, -0.15) is 5.10 Å². The second kappa shape index (κ2) is 5.75. The minimum absolute atomic E-state index is 0.467. The summed E-state index contributed by atoms with van der Waals surface area (Å²) in [5.41, 5.74) is 7.76. The van der Waals surface area contributed by atoms with Gasteiger partial charge in [0, 0.05) is 19.7 Å². The number of benzene rings is 1. The van der Waals surface area contributed by atoms with E-state index >= 15 is 0 Å². The molecule has 5 heteroatoms. The Hall–Kier alpha value is -1.72. The van der Waals surface area contributed by atoms with Crippen LogP contribution in [0.4, 0.5) is 0 Å². The molecule has 0 fully saturated rings. The molecule has 0 bridgehead atoms. The van der Waals surface area contributed by atoms with Crippen molar-refractivity contribution in [2.24, 2.45) is 12.8 Å². The highest BCUT2D eigenvalue weighted by Crippen LogP contribution is 2.16. The van der Waals surface area contributed by atoms with Crippen molar-refractivity contribution in [2.45, 2.75) is 13.0 Å². The Morgan fingerprint density at radius 3 is 2.61 bits per heavy atom. The summed E-state index contributed by atoms with van der Waals surface area (Å²) < 4.78 is 6.81. The molecule has 96 valence electrons. The maximum absolute atomic E-state index is 5.52. The molecule has 1 heterocycles. The van der Waals surface area contributed by atoms with Crippen molar-refractivity contribution < 1.29 is 4.74 Å². The van der Waals surface area contributed by atoms with Gasteiger partial charge in [-0.15, -0.1) is 0 Å². The highest BCUT2D eigenvalue weighted by Gasteiger charge is 2.08. The second-order valence-corrected chi connectivity index (χ2v) is 4.14. The first-order valence-electron chi connectivity index (χ1n) is 5.93. The zero-order chi connectivity index (χ0) is 13.0. The zero-order valence-electron chi connectivity index (χ0n) is 10.8. The fraction of sp³-hybridized carbons (Fsp3) is 0.385. The predicted molar refractivity (Wildman–Crippen MR) is 69.9 cm³/mol.